The van der Waals surface area contributed by atoms with Crippen LogP contribution in [0.25, 0.3) is 0 Å². The standard InChI is InChI=1S/C12H16N2O2/c1-2-9-7-12(13,8-9)10-3-5-11(6-4-10)14(15)16/h3-6,9H,2,7-8,13H2,1H3. The van der Waals surface area contributed by atoms with Crippen molar-refractivity contribution < 1.29 is 4.92 Å². The molecular formula is C12H16N2O2. The van der Waals surface area contributed by atoms with Gasteiger partial charge in [-0.15, -0.1) is 0 Å². The minimum Gasteiger partial charge on any atom is -0.321 e. The van der Waals surface area contributed by atoms with Gasteiger partial charge >= 0.3 is 0 Å². The van der Waals surface area contributed by atoms with Gasteiger partial charge in [-0.05, 0) is 24.3 Å². The lowest BCUT2D eigenvalue weighted by Gasteiger charge is -2.45. The Morgan fingerprint density at radius 1 is 1.44 bits per heavy atom. The summed E-state index contributed by atoms with van der Waals surface area (Å²) in [5.41, 5.74) is 7.13. The molecule has 0 saturated heterocycles. The van der Waals surface area contributed by atoms with Crippen LogP contribution in [0.2, 0.25) is 0 Å². The van der Waals surface area contributed by atoms with E-state index in [4.69, 9.17) is 5.73 Å². The van der Waals surface area contributed by atoms with Crippen LogP contribution in [0.15, 0.2) is 24.3 Å². The molecule has 0 amide bonds. The number of rotatable bonds is 3. The molecule has 1 aromatic rings. The summed E-state index contributed by atoms with van der Waals surface area (Å²) in [6, 6.07) is 6.63. The second-order valence-electron chi connectivity index (χ2n) is 4.64. The Morgan fingerprint density at radius 2 is 2.00 bits per heavy atom. The predicted octanol–water partition coefficient (Wildman–Crippen LogP) is 2.57. The lowest BCUT2D eigenvalue weighted by atomic mass is 9.64. The van der Waals surface area contributed by atoms with Crippen molar-refractivity contribution in [2.75, 3.05) is 0 Å². The average molecular weight is 220 g/mol. The van der Waals surface area contributed by atoms with Crippen molar-refractivity contribution >= 4 is 5.69 Å². The zero-order chi connectivity index (χ0) is 11.8. The molecule has 0 radical (unpaired) electrons. The van der Waals surface area contributed by atoms with Crippen LogP contribution in [-0.4, -0.2) is 4.92 Å². The van der Waals surface area contributed by atoms with Crippen LogP contribution in [0.3, 0.4) is 0 Å². The molecule has 1 aromatic carbocycles. The van der Waals surface area contributed by atoms with Gasteiger partial charge in [0.25, 0.3) is 5.69 Å². The molecular weight excluding hydrogens is 204 g/mol. The van der Waals surface area contributed by atoms with E-state index in [2.05, 4.69) is 6.92 Å². The van der Waals surface area contributed by atoms with Gasteiger partial charge in [-0.25, -0.2) is 0 Å². The van der Waals surface area contributed by atoms with E-state index in [1.54, 1.807) is 12.1 Å². The van der Waals surface area contributed by atoms with Gasteiger partial charge in [0.15, 0.2) is 0 Å². The molecule has 0 spiro atoms. The average Bonchev–Trinajstić information content (AvgIpc) is 2.25. The topological polar surface area (TPSA) is 69.2 Å². The maximum absolute atomic E-state index is 10.5. The largest absolute Gasteiger partial charge is 0.321 e. The summed E-state index contributed by atoms with van der Waals surface area (Å²) >= 11 is 0. The summed E-state index contributed by atoms with van der Waals surface area (Å²) in [7, 11) is 0. The maximum atomic E-state index is 10.5. The third-order valence-electron chi connectivity index (χ3n) is 3.54. The van der Waals surface area contributed by atoms with E-state index in [0.29, 0.717) is 5.92 Å². The monoisotopic (exact) mass is 220 g/mol. The molecule has 1 fully saturated rings. The molecule has 0 aromatic heterocycles. The molecule has 2 N–H and O–H groups in total. The molecule has 86 valence electrons. The van der Waals surface area contributed by atoms with Crippen molar-refractivity contribution in [1.82, 2.24) is 0 Å². The maximum Gasteiger partial charge on any atom is 0.269 e. The number of hydrogen-bond acceptors (Lipinski definition) is 3. The molecule has 0 aliphatic heterocycles. The van der Waals surface area contributed by atoms with E-state index in [1.165, 1.54) is 12.1 Å². The fourth-order valence-corrected chi connectivity index (χ4v) is 2.41. The first-order valence-electron chi connectivity index (χ1n) is 5.59. The quantitative estimate of drug-likeness (QED) is 0.628. The highest BCUT2D eigenvalue weighted by Crippen LogP contribution is 2.45. The van der Waals surface area contributed by atoms with Crippen molar-refractivity contribution in [2.24, 2.45) is 11.7 Å². The molecule has 1 aliphatic carbocycles. The van der Waals surface area contributed by atoms with E-state index in [0.717, 1.165) is 24.8 Å². The molecule has 4 heteroatoms. The number of benzene rings is 1. The van der Waals surface area contributed by atoms with E-state index >= 15 is 0 Å². The van der Waals surface area contributed by atoms with Gasteiger partial charge < -0.3 is 5.73 Å². The summed E-state index contributed by atoms with van der Waals surface area (Å²) in [6.07, 6.45) is 3.13. The van der Waals surface area contributed by atoms with E-state index in [1.807, 2.05) is 0 Å². The lowest BCUT2D eigenvalue weighted by Crippen LogP contribution is -2.48. The van der Waals surface area contributed by atoms with Crippen LogP contribution >= 0.6 is 0 Å². The number of non-ortho nitro benzene ring substituents is 1. The zero-order valence-corrected chi connectivity index (χ0v) is 9.35. The van der Waals surface area contributed by atoms with Crippen molar-refractivity contribution in [2.45, 2.75) is 31.7 Å². The van der Waals surface area contributed by atoms with Crippen molar-refractivity contribution in [1.29, 1.82) is 0 Å². The first-order valence-corrected chi connectivity index (χ1v) is 5.59. The van der Waals surface area contributed by atoms with Gasteiger partial charge in [0.1, 0.15) is 0 Å². The molecule has 0 bridgehead atoms. The smallest absolute Gasteiger partial charge is 0.269 e. The summed E-state index contributed by atoms with van der Waals surface area (Å²) < 4.78 is 0. The SMILES string of the molecule is CCC1CC(N)(c2ccc([N+](=O)[O-])cc2)C1. The second kappa shape index (κ2) is 3.87. The van der Waals surface area contributed by atoms with Crippen LogP contribution in [0.5, 0.6) is 0 Å². The highest BCUT2D eigenvalue weighted by molar-refractivity contribution is 5.37. The van der Waals surface area contributed by atoms with Crippen LogP contribution in [-0.2, 0) is 5.54 Å². The predicted molar refractivity (Wildman–Crippen MR) is 62.0 cm³/mol. The Hall–Kier alpha value is -1.42. The van der Waals surface area contributed by atoms with E-state index < -0.39 is 0 Å². The van der Waals surface area contributed by atoms with Gasteiger partial charge in [-0.1, -0.05) is 25.5 Å². The Morgan fingerprint density at radius 3 is 2.44 bits per heavy atom. The normalized spacial score (nSPS) is 28.5. The van der Waals surface area contributed by atoms with E-state index in [9.17, 15) is 10.1 Å². The molecule has 2 rings (SSSR count). The highest BCUT2D eigenvalue weighted by atomic mass is 16.6. The van der Waals surface area contributed by atoms with Crippen LogP contribution in [0.4, 0.5) is 5.69 Å². The first-order chi connectivity index (χ1) is 7.55. The molecule has 0 heterocycles. The van der Waals surface area contributed by atoms with Gasteiger partial charge in [-0.3, -0.25) is 10.1 Å². The number of hydrogen-bond donors (Lipinski definition) is 1. The Kier molecular flexibility index (Phi) is 2.68. The fraction of sp³-hybridized carbons (Fsp3) is 0.500. The molecule has 4 nitrogen and oxygen atoms in total. The summed E-state index contributed by atoms with van der Waals surface area (Å²) in [5, 5.41) is 10.5. The first kappa shape index (κ1) is 11.1. The van der Waals surface area contributed by atoms with Crippen LogP contribution < -0.4 is 5.73 Å². The van der Waals surface area contributed by atoms with Crippen molar-refractivity contribution in [3.8, 4) is 0 Å². The highest BCUT2D eigenvalue weighted by Gasteiger charge is 2.41. The molecule has 0 unspecified atom stereocenters. The summed E-state index contributed by atoms with van der Waals surface area (Å²) in [5.74, 6) is 0.709. The van der Waals surface area contributed by atoms with Gasteiger partial charge in [0.05, 0.1) is 4.92 Å². The Labute approximate surface area is 94.6 Å². The van der Waals surface area contributed by atoms with Crippen molar-refractivity contribution in [3.63, 3.8) is 0 Å². The Bertz CT molecular complexity index is 394. The molecule has 16 heavy (non-hydrogen) atoms. The number of nitrogens with two attached hydrogens (primary N) is 1. The number of nitro benzene ring substituents is 1. The second-order valence-corrected chi connectivity index (χ2v) is 4.64. The number of nitrogens with zero attached hydrogens (tertiary/aromatic N) is 1. The molecule has 1 aliphatic rings. The number of nitro groups is 1. The third kappa shape index (κ3) is 1.80. The van der Waals surface area contributed by atoms with Crippen LogP contribution in [0, 0.1) is 16.0 Å². The van der Waals surface area contributed by atoms with Crippen molar-refractivity contribution in [3.05, 3.63) is 39.9 Å². The molecule has 1 saturated carbocycles. The minimum atomic E-state index is -0.386. The van der Waals surface area contributed by atoms with Crippen LogP contribution in [0.1, 0.15) is 31.7 Å². The lowest BCUT2D eigenvalue weighted by molar-refractivity contribution is -0.384. The van der Waals surface area contributed by atoms with Gasteiger partial charge in [-0.2, -0.15) is 0 Å². The van der Waals surface area contributed by atoms with Gasteiger partial charge in [0, 0.05) is 17.7 Å². The van der Waals surface area contributed by atoms with E-state index in [-0.39, 0.29) is 16.1 Å². The zero-order valence-electron chi connectivity index (χ0n) is 9.35. The Balaban J connectivity index is 2.14. The fourth-order valence-electron chi connectivity index (χ4n) is 2.41. The van der Waals surface area contributed by atoms with Gasteiger partial charge in [0.2, 0.25) is 0 Å². The molecule has 0 atom stereocenters. The summed E-state index contributed by atoms with van der Waals surface area (Å²) in [4.78, 5) is 10.1. The third-order valence-corrected chi connectivity index (χ3v) is 3.54. The minimum absolute atomic E-state index is 0.124. The summed E-state index contributed by atoms with van der Waals surface area (Å²) in [6.45, 7) is 2.17.